The monoisotopic (exact) mass is 423 g/mol. The molecule has 6 heteroatoms. The Morgan fingerprint density at radius 2 is 1.77 bits per heavy atom. The molecule has 0 fully saturated rings. The third kappa shape index (κ3) is 5.27. The molecule has 4 rings (SSSR count). The van der Waals surface area contributed by atoms with Crippen molar-refractivity contribution in [2.24, 2.45) is 0 Å². The summed E-state index contributed by atoms with van der Waals surface area (Å²) in [7, 11) is 0. The summed E-state index contributed by atoms with van der Waals surface area (Å²) in [6.45, 7) is 3.05. The average molecular weight is 424 g/mol. The van der Waals surface area contributed by atoms with Gasteiger partial charge in [0.1, 0.15) is 36.4 Å². The maximum atomic E-state index is 12.3. The minimum atomic E-state index is -0.680. The zero-order valence-corrected chi connectivity index (χ0v) is 17.8. The Bertz CT molecular complexity index is 1060. The zero-order chi connectivity index (χ0) is 21.6. The number of fused-ring (bicyclic) bond motifs is 3. The highest BCUT2D eigenvalue weighted by molar-refractivity contribution is 5.87. The summed E-state index contributed by atoms with van der Waals surface area (Å²) in [5, 5.41) is 14.5. The second kappa shape index (κ2) is 9.98. The van der Waals surface area contributed by atoms with Crippen molar-refractivity contribution in [3.05, 3.63) is 70.1 Å². The van der Waals surface area contributed by atoms with E-state index in [2.05, 4.69) is 5.32 Å². The lowest BCUT2D eigenvalue weighted by atomic mass is 9.90. The van der Waals surface area contributed by atoms with Crippen LogP contribution in [0, 0.1) is 0 Å². The highest BCUT2D eigenvalue weighted by Gasteiger charge is 2.21. The third-order valence-corrected chi connectivity index (χ3v) is 5.58. The topological polar surface area (TPSA) is 80.9 Å². The van der Waals surface area contributed by atoms with Gasteiger partial charge in [-0.15, -0.1) is 0 Å². The molecule has 1 heterocycles. The Kier molecular flexibility index (Phi) is 6.89. The SMILES string of the molecule is CC(COc1ccccc1)NCC(O)COc1cccc2oc(=O)c3c(c12)CCCC3. The maximum Gasteiger partial charge on any atom is 0.339 e. The average Bonchev–Trinajstić information content (AvgIpc) is 2.80. The molecule has 0 saturated carbocycles. The highest BCUT2D eigenvalue weighted by atomic mass is 16.5. The number of ether oxygens (including phenoxy) is 2. The summed E-state index contributed by atoms with van der Waals surface area (Å²) >= 11 is 0. The van der Waals surface area contributed by atoms with Crippen LogP contribution in [0.3, 0.4) is 0 Å². The molecule has 3 aromatic rings. The van der Waals surface area contributed by atoms with E-state index in [1.165, 1.54) is 0 Å². The van der Waals surface area contributed by atoms with Crippen molar-refractivity contribution in [2.75, 3.05) is 19.8 Å². The van der Waals surface area contributed by atoms with Crippen LogP contribution in [0.1, 0.15) is 30.9 Å². The second-order valence-corrected chi connectivity index (χ2v) is 8.08. The van der Waals surface area contributed by atoms with Gasteiger partial charge >= 0.3 is 5.63 Å². The van der Waals surface area contributed by atoms with Gasteiger partial charge < -0.3 is 24.3 Å². The number of benzene rings is 2. The van der Waals surface area contributed by atoms with Gasteiger partial charge in [-0.2, -0.15) is 0 Å². The van der Waals surface area contributed by atoms with E-state index in [1.54, 1.807) is 6.07 Å². The first-order valence-electron chi connectivity index (χ1n) is 10.9. The quantitative estimate of drug-likeness (QED) is 0.513. The van der Waals surface area contributed by atoms with Crippen molar-refractivity contribution in [3.8, 4) is 11.5 Å². The van der Waals surface area contributed by atoms with Gasteiger partial charge in [-0.05, 0) is 62.4 Å². The molecule has 164 valence electrons. The van der Waals surface area contributed by atoms with Crippen molar-refractivity contribution in [1.29, 1.82) is 0 Å². The number of hydrogen-bond acceptors (Lipinski definition) is 6. The van der Waals surface area contributed by atoms with E-state index in [0.29, 0.717) is 24.5 Å². The van der Waals surface area contributed by atoms with E-state index in [-0.39, 0.29) is 18.3 Å². The Hall–Kier alpha value is -2.83. The fourth-order valence-electron chi connectivity index (χ4n) is 3.96. The minimum Gasteiger partial charge on any atom is -0.492 e. The highest BCUT2D eigenvalue weighted by Crippen LogP contribution is 2.33. The Morgan fingerprint density at radius 1 is 1.00 bits per heavy atom. The van der Waals surface area contributed by atoms with Gasteiger partial charge in [-0.3, -0.25) is 0 Å². The molecule has 1 aromatic heterocycles. The van der Waals surface area contributed by atoms with Crippen LogP contribution in [-0.2, 0) is 12.8 Å². The van der Waals surface area contributed by atoms with Crippen molar-refractivity contribution >= 4 is 11.0 Å². The molecule has 0 amide bonds. The molecule has 2 unspecified atom stereocenters. The number of para-hydroxylation sites is 1. The molecule has 2 aromatic carbocycles. The van der Waals surface area contributed by atoms with E-state index < -0.39 is 6.10 Å². The summed E-state index contributed by atoms with van der Waals surface area (Å²) in [5.74, 6) is 1.48. The smallest absolute Gasteiger partial charge is 0.339 e. The van der Waals surface area contributed by atoms with Crippen molar-refractivity contribution in [3.63, 3.8) is 0 Å². The summed E-state index contributed by atoms with van der Waals surface area (Å²) in [6, 6.07) is 15.2. The molecule has 0 radical (unpaired) electrons. The number of hydrogen-bond donors (Lipinski definition) is 2. The van der Waals surface area contributed by atoms with Gasteiger partial charge in [-0.1, -0.05) is 24.3 Å². The van der Waals surface area contributed by atoms with E-state index in [1.807, 2.05) is 49.4 Å². The first-order valence-corrected chi connectivity index (χ1v) is 10.9. The van der Waals surface area contributed by atoms with Gasteiger partial charge in [-0.25, -0.2) is 4.79 Å². The van der Waals surface area contributed by atoms with Crippen molar-refractivity contribution in [1.82, 2.24) is 5.32 Å². The van der Waals surface area contributed by atoms with E-state index >= 15 is 0 Å². The predicted molar refractivity (Wildman–Crippen MR) is 120 cm³/mol. The van der Waals surface area contributed by atoms with Crippen LogP contribution in [0.4, 0.5) is 0 Å². The van der Waals surface area contributed by atoms with E-state index in [0.717, 1.165) is 47.9 Å². The van der Waals surface area contributed by atoms with E-state index in [9.17, 15) is 9.90 Å². The van der Waals surface area contributed by atoms with Crippen LogP contribution in [0.25, 0.3) is 11.0 Å². The fourth-order valence-corrected chi connectivity index (χ4v) is 3.96. The predicted octanol–water partition coefficient (Wildman–Crippen LogP) is 3.47. The standard InChI is InChI=1S/C25H29NO5/c1-17(15-29-19-8-3-2-4-9-19)26-14-18(27)16-30-22-12-7-13-23-24(22)20-10-5-6-11-21(20)25(28)31-23/h2-4,7-9,12-13,17-18,26-27H,5-6,10-11,14-16H2,1H3. The lowest BCUT2D eigenvalue weighted by Gasteiger charge is -2.20. The second-order valence-electron chi connectivity index (χ2n) is 8.08. The lowest BCUT2D eigenvalue weighted by molar-refractivity contribution is 0.102. The number of aryl methyl sites for hydroxylation is 1. The Balaban J connectivity index is 1.34. The maximum absolute atomic E-state index is 12.3. The van der Waals surface area contributed by atoms with Gasteiger partial charge in [0, 0.05) is 18.2 Å². The molecular weight excluding hydrogens is 394 g/mol. The van der Waals surface area contributed by atoms with Crippen LogP contribution < -0.4 is 20.4 Å². The molecule has 0 aliphatic heterocycles. The van der Waals surface area contributed by atoms with Gasteiger partial charge in [0.2, 0.25) is 0 Å². The lowest BCUT2D eigenvalue weighted by Crippen LogP contribution is -2.39. The fraction of sp³-hybridized carbons (Fsp3) is 0.400. The minimum absolute atomic E-state index is 0.0775. The molecule has 2 atom stereocenters. The first kappa shape index (κ1) is 21.4. The molecule has 1 aliphatic rings. The zero-order valence-electron chi connectivity index (χ0n) is 17.8. The number of aliphatic hydroxyl groups is 1. The Morgan fingerprint density at radius 3 is 2.58 bits per heavy atom. The third-order valence-electron chi connectivity index (χ3n) is 5.58. The van der Waals surface area contributed by atoms with E-state index in [4.69, 9.17) is 13.9 Å². The van der Waals surface area contributed by atoms with Crippen LogP contribution in [0.15, 0.2) is 57.7 Å². The molecule has 0 bridgehead atoms. The molecule has 0 saturated heterocycles. The Labute approximate surface area is 181 Å². The van der Waals surface area contributed by atoms with Gasteiger partial charge in [0.25, 0.3) is 0 Å². The van der Waals surface area contributed by atoms with Gasteiger partial charge in [0.05, 0.1) is 5.39 Å². The van der Waals surface area contributed by atoms with Crippen LogP contribution in [-0.4, -0.2) is 37.0 Å². The molecule has 31 heavy (non-hydrogen) atoms. The van der Waals surface area contributed by atoms with Crippen LogP contribution >= 0.6 is 0 Å². The van der Waals surface area contributed by atoms with Crippen molar-refractivity contribution < 1.29 is 19.0 Å². The summed E-state index contributed by atoms with van der Waals surface area (Å²) in [6.07, 6.45) is 2.97. The van der Waals surface area contributed by atoms with Crippen molar-refractivity contribution in [2.45, 2.75) is 44.8 Å². The molecular formula is C25H29NO5. The van der Waals surface area contributed by atoms with Crippen LogP contribution in [0.5, 0.6) is 11.5 Å². The van der Waals surface area contributed by atoms with Gasteiger partial charge in [0.15, 0.2) is 0 Å². The first-order chi connectivity index (χ1) is 15.1. The molecule has 2 N–H and O–H groups in total. The molecule has 6 nitrogen and oxygen atoms in total. The number of nitrogens with one attached hydrogen (secondary N) is 1. The summed E-state index contributed by atoms with van der Waals surface area (Å²) < 4.78 is 17.2. The molecule has 1 aliphatic carbocycles. The number of rotatable bonds is 9. The summed E-state index contributed by atoms with van der Waals surface area (Å²) in [5.41, 5.74) is 2.11. The largest absolute Gasteiger partial charge is 0.492 e. The summed E-state index contributed by atoms with van der Waals surface area (Å²) in [4.78, 5) is 12.3. The van der Waals surface area contributed by atoms with Crippen LogP contribution in [0.2, 0.25) is 0 Å². The normalized spacial score (nSPS) is 15.3. The number of aliphatic hydroxyl groups excluding tert-OH is 1. The molecule has 0 spiro atoms.